The number of hydrogen-bond acceptors (Lipinski definition) is 6. The highest BCUT2D eigenvalue weighted by molar-refractivity contribution is 6.42. The van der Waals surface area contributed by atoms with Crippen LogP contribution >= 0.6 is 0 Å². The second-order valence-corrected chi connectivity index (χ2v) is 6.04. The molecule has 3 rings (SSSR count). The fraction of sp³-hybridized carbons (Fsp3) is 0.333. The predicted octanol–water partition coefficient (Wildman–Crippen LogP) is 1.30. The van der Waals surface area contributed by atoms with E-state index in [4.69, 9.17) is 4.74 Å². The van der Waals surface area contributed by atoms with E-state index < -0.39 is 17.7 Å². The topological polar surface area (TPSA) is 101 Å². The molecule has 2 heterocycles. The zero-order valence-electron chi connectivity index (χ0n) is 13.8. The number of Topliss-reactive ketones (excluding diaryl/α,β-unsaturated/α-hetero) is 1. The van der Waals surface area contributed by atoms with E-state index in [9.17, 15) is 14.7 Å². The van der Waals surface area contributed by atoms with E-state index in [0.29, 0.717) is 18.7 Å². The number of amides is 1. The number of nitrogens with one attached hydrogen (secondary N) is 1. The molecular weight excluding hydrogens is 322 g/mol. The Hall–Kier alpha value is -2.80. The van der Waals surface area contributed by atoms with Crippen LogP contribution in [0.1, 0.15) is 34.8 Å². The highest BCUT2D eigenvalue weighted by Crippen LogP contribution is 2.38. The van der Waals surface area contributed by atoms with Gasteiger partial charge in [0.25, 0.3) is 11.7 Å². The number of pyridine rings is 2. The molecule has 7 heteroatoms. The molecule has 0 bridgehead atoms. The van der Waals surface area contributed by atoms with Crippen LogP contribution in [-0.2, 0) is 4.79 Å². The van der Waals surface area contributed by atoms with Gasteiger partial charge in [0.05, 0.1) is 19.3 Å². The van der Waals surface area contributed by atoms with E-state index in [1.165, 1.54) is 19.5 Å². The molecule has 1 fully saturated rings. The first-order valence-electron chi connectivity index (χ1n) is 8.01. The molecular formula is C18H19N3O4. The van der Waals surface area contributed by atoms with Crippen LogP contribution in [-0.4, -0.2) is 40.0 Å². The molecule has 0 aliphatic heterocycles. The molecule has 7 nitrogen and oxygen atoms in total. The third-order valence-electron chi connectivity index (χ3n) is 4.37. The van der Waals surface area contributed by atoms with Gasteiger partial charge in [-0.15, -0.1) is 0 Å². The summed E-state index contributed by atoms with van der Waals surface area (Å²) in [6.07, 6.45) is 5.28. The normalized spacial score (nSPS) is 20.2. The van der Waals surface area contributed by atoms with Crippen molar-refractivity contribution in [2.75, 3.05) is 7.11 Å². The average molecular weight is 341 g/mol. The molecule has 25 heavy (non-hydrogen) atoms. The zero-order chi connectivity index (χ0) is 17.8. The van der Waals surface area contributed by atoms with Gasteiger partial charge in [-0.3, -0.25) is 14.6 Å². The molecule has 2 aromatic rings. The zero-order valence-corrected chi connectivity index (χ0v) is 13.8. The minimum absolute atomic E-state index is 0.0517. The Morgan fingerprint density at radius 2 is 2.08 bits per heavy atom. The minimum atomic E-state index is -0.699. The number of hydrogen-bond donors (Lipinski definition) is 2. The SMILES string of the molecule is COc1ccc(C(NC(=O)C(=O)c2cccnc2)C2CC(O)C2)cn1. The molecule has 130 valence electrons. The van der Waals surface area contributed by atoms with Crippen LogP contribution in [0.25, 0.3) is 0 Å². The number of carbonyl (C=O) groups excluding carboxylic acids is 2. The van der Waals surface area contributed by atoms with E-state index in [1.807, 2.05) is 0 Å². The van der Waals surface area contributed by atoms with Crippen molar-refractivity contribution in [1.29, 1.82) is 0 Å². The van der Waals surface area contributed by atoms with Gasteiger partial charge in [-0.05, 0) is 36.5 Å². The average Bonchev–Trinajstić information content (AvgIpc) is 2.64. The Morgan fingerprint density at radius 1 is 1.28 bits per heavy atom. The van der Waals surface area contributed by atoms with Crippen molar-refractivity contribution in [3.63, 3.8) is 0 Å². The summed E-state index contributed by atoms with van der Waals surface area (Å²) in [5.74, 6) is -0.820. The summed E-state index contributed by atoms with van der Waals surface area (Å²) in [4.78, 5) is 32.7. The Bertz CT molecular complexity index is 743. The maximum Gasteiger partial charge on any atom is 0.292 e. The van der Waals surface area contributed by atoms with Crippen LogP contribution in [0.2, 0.25) is 0 Å². The second-order valence-electron chi connectivity index (χ2n) is 6.04. The molecule has 1 saturated carbocycles. The molecule has 1 amide bonds. The Kier molecular flexibility index (Phi) is 5.04. The molecule has 2 N–H and O–H groups in total. The lowest BCUT2D eigenvalue weighted by atomic mass is 9.75. The molecule has 1 unspecified atom stereocenters. The van der Waals surface area contributed by atoms with Gasteiger partial charge < -0.3 is 15.2 Å². The van der Waals surface area contributed by atoms with Crippen molar-refractivity contribution in [2.45, 2.75) is 25.0 Å². The van der Waals surface area contributed by atoms with Gasteiger partial charge in [0.1, 0.15) is 0 Å². The molecule has 0 aromatic carbocycles. The number of carbonyl (C=O) groups is 2. The number of ether oxygens (including phenoxy) is 1. The molecule has 1 atom stereocenters. The van der Waals surface area contributed by atoms with Crippen molar-refractivity contribution in [1.82, 2.24) is 15.3 Å². The Balaban J connectivity index is 1.77. The van der Waals surface area contributed by atoms with Crippen molar-refractivity contribution in [2.24, 2.45) is 5.92 Å². The van der Waals surface area contributed by atoms with Crippen molar-refractivity contribution in [3.8, 4) is 5.88 Å². The highest BCUT2D eigenvalue weighted by Gasteiger charge is 2.36. The minimum Gasteiger partial charge on any atom is -0.481 e. The smallest absolute Gasteiger partial charge is 0.292 e. The quantitative estimate of drug-likeness (QED) is 0.606. The monoisotopic (exact) mass is 341 g/mol. The van der Waals surface area contributed by atoms with Crippen LogP contribution < -0.4 is 10.1 Å². The maximum atomic E-state index is 12.4. The molecule has 1 aliphatic carbocycles. The van der Waals surface area contributed by atoms with Gasteiger partial charge in [-0.1, -0.05) is 6.07 Å². The van der Waals surface area contributed by atoms with Gasteiger partial charge in [-0.25, -0.2) is 4.98 Å². The van der Waals surface area contributed by atoms with Gasteiger partial charge in [0.2, 0.25) is 5.88 Å². The molecule has 1 aliphatic rings. The fourth-order valence-corrected chi connectivity index (χ4v) is 2.91. The van der Waals surface area contributed by atoms with Gasteiger partial charge in [-0.2, -0.15) is 0 Å². The van der Waals surface area contributed by atoms with Crippen LogP contribution in [0.4, 0.5) is 0 Å². The Morgan fingerprint density at radius 3 is 2.64 bits per heavy atom. The third kappa shape index (κ3) is 3.83. The van der Waals surface area contributed by atoms with Crippen LogP contribution in [0, 0.1) is 5.92 Å². The number of rotatable bonds is 6. The number of aliphatic hydroxyl groups is 1. The number of aromatic nitrogens is 2. The summed E-state index contributed by atoms with van der Waals surface area (Å²) in [7, 11) is 1.52. The summed E-state index contributed by atoms with van der Waals surface area (Å²) < 4.78 is 5.04. The summed E-state index contributed by atoms with van der Waals surface area (Å²) in [6, 6.07) is 6.26. The number of nitrogens with zero attached hydrogens (tertiary/aromatic N) is 2. The van der Waals surface area contributed by atoms with Gasteiger partial charge >= 0.3 is 0 Å². The van der Waals surface area contributed by atoms with Crippen LogP contribution in [0.5, 0.6) is 5.88 Å². The van der Waals surface area contributed by atoms with E-state index in [-0.39, 0.29) is 17.6 Å². The van der Waals surface area contributed by atoms with E-state index in [2.05, 4.69) is 15.3 Å². The summed E-state index contributed by atoms with van der Waals surface area (Å²) in [5, 5.41) is 12.4. The van der Waals surface area contributed by atoms with Crippen LogP contribution in [0.15, 0.2) is 42.9 Å². The summed E-state index contributed by atoms with van der Waals surface area (Å²) in [5.41, 5.74) is 1.00. The third-order valence-corrected chi connectivity index (χ3v) is 4.37. The van der Waals surface area contributed by atoms with E-state index in [1.54, 1.807) is 30.5 Å². The van der Waals surface area contributed by atoms with Gasteiger partial charge in [0.15, 0.2) is 0 Å². The highest BCUT2D eigenvalue weighted by atomic mass is 16.5. The second kappa shape index (κ2) is 7.40. The number of ketones is 1. The van der Waals surface area contributed by atoms with E-state index >= 15 is 0 Å². The first-order valence-corrected chi connectivity index (χ1v) is 8.01. The Labute approximate surface area is 145 Å². The lowest BCUT2D eigenvalue weighted by molar-refractivity contribution is -0.118. The fourth-order valence-electron chi connectivity index (χ4n) is 2.91. The van der Waals surface area contributed by atoms with Crippen molar-refractivity contribution >= 4 is 11.7 Å². The van der Waals surface area contributed by atoms with Crippen molar-refractivity contribution < 1.29 is 19.4 Å². The molecule has 2 aromatic heterocycles. The number of methoxy groups -OCH3 is 1. The number of aliphatic hydroxyl groups excluding tert-OH is 1. The summed E-state index contributed by atoms with van der Waals surface area (Å²) in [6.45, 7) is 0. The predicted molar refractivity (Wildman–Crippen MR) is 89.0 cm³/mol. The molecule has 0 spiro atoms. The van der Waals surface area contributed by atoms with E-state index in [0.717, 1.165) is 5.56 Å². The standard InChI is InChI=1S/C18H19N3O4/c1-25-15-5-4-11(10-20-15)16(13-7-14(22)8-13)21-18(24)17(23)12-3-2-6-19-9-12/h2-6,9-10,13-14,16,22H,7-8H2,1H3,(H,21,24). The first-order chi connectivity index (χ1) is 12.1. The molecule has 0 saturated heterocycles. The lowest BCUT2D eigenvalue weighted by Crippen LogP contribution is -2.43. The molecule has 0 radical (unpaired) electrons. The van der Waals surface area contributed by atoms with Crippen molar-refractivity contribution in [3.05, 3.63) is 54.0 Å². The van der Waals surface area contributed by atoms with Crippen LogP contribution in [0.3, 0.4) is 0 Å². The first kappa shape index (κ1) is 17.0. The summed E-state index contributed by atoms with van der Waals surface area (Å²) >= 11 is 0. The lowest BCUT2D eigenvalue weighted by Gasteiger charge is -2.38. The largest absolute Gasteiger partial charge is 0.481 e. The maximum absolute atomic E-state index is 12.4. The van der Waals surface area contributed by atoms with Gasteiger partial charge in [0, 0.05) is 30.2 Å².